The van der Waals surface area contributed by atoms with Gasteiger partial charge in [-0.05, 0) is 50.1 Å². The summed E-state index contributed by atoms with van der Waals surface area (Å²) >= 11 is 6.05. The van der Waals surface area contributed by atoms with Crippen LogP contribution in [0.2, 0.25) is 5.02 Å². The topological polar surface area (TPSA) is 57.5 Å². The largest absolute Gasteiger partial charge is 0.480 e. The second-order valence-electron chi connectivity index (χ2n) is 7.16. The Morgan fingerprint density at radius 2 is 1.70 bits per heavy atom. The van der Waals surface area contributed by atoms with Crippen LogP contribution in [0.5, 0.6) is 5.75 Å². The Morgan fingerprint density at radius 1 is 0.967 bits per heavy atom. The van der Waals surface area contributed by atoms with Crippen molar-refractivity contribution in [2.24, 2.45) is 0 Å². The van der Waals surface area contributed by atoms with E-state index in [1.165, 1.54) is 0 Å². The fourth-order valence-electron chi connectivity index (χ4n) is 3.22. The van der Waals surface area contributed by atoms with Crippen LogP contribution in [0, 0.1) is 20.8 Å². The summed E-state index contributed by atoms with van der Waals surface area (Å²) in [7, 11) is 0. The number of ketones is 1. The van der Waals surface area contributed by atoms with Gasteiger partial charge in [-0.1, -0.05) is 48.0 Å². The molecule has 1 aromatic heterocycles. The number of rotatable bonds is 8. The smallest absolute Gasteiger partial charge is 0.344 e. The number of nitrogens with zero attached hydrogens (tertiary/aromatic N) is 1. The SMILES string of the molecule is Cc1ccc(Cl)c(OCC(=O)OCC(=O)c2cc(C)n(Cc3ccccc3)c2C)c1. The third-order valence-electron chi connectivity index (χ3n) is 4.85. The van der Waals surface area contributed by atoms with Crippen LogP contribution in [0.25, 0.3) is 0 Å². The molecule has 0 spiro atoms. The Labute approximate surface area is 181 Å². The summed E-state index contributed by atoms with van der Waals surface area (Å²) in [6.07, 6.45) is 0. The number of aromatic nitrogens is 1. The van der Waals surface area contributed by atoms with Crippen molar-refractivity contribution in [3.8, 4) is 5.75 Å². The fraction of sp³-hybridized carbons (Fsp3) is 0.250. The first-order valence-corrected chi connectivity index (χ1v) is 10.0. The minimum atomic E-state index is -0.626. The van der Waals surface area contributed by atoms with Gasteiger partial charge in [0.25, 0.3) is 0 Å². The molecule has 6 heteroatoms. The highest BCUT2D eigenvalue weighted by Crippen LogP contribution is 2.25. The van der Waals surface area contributed by atoms with Crippen LogP contribution in [-0.4, -0.2) is 29.5 Å². The lowest BCUT2D eigenvalue weighted by atomic mass is 10.1. The lowest BCUT2D eigenvalue weighted by Crippen LogP contribution is -2.20. The zero-order valence-electron chi connectivity index (χ0n) is 17.3. The molecule has 0 N–H and O–H groups in total. The van der Waals surface area contributed by atoms with E-state index in [1.807, 2.05) is 63.2 Å². The summed E-state index contributed by atoms with van der Waals surface area (Å²) < 4.78 is 12.6. The first-order valence-electron chi connectivity index (χ1n) is 9.63. The van der Waals surface area contributed by atoms with Crippen molar-refractivity contribution < 1.29 is 19.1 Å². The minimum absolute atomic E-state index is 0.246. The summed E-state index contributed by atoms with van der Waals surface area (Å²) in [5.41, 5.74) is 4.49. The Hall–Kier alpha value is -3.05. The van der Waals surface area contributed by atoms with Gasteiger partial charge in [-0.2, -0.15) is 0 Å². The van der Waals surface area contributed by atoms with Gasteiger partial charge in [0.1, 0.15) is 5.75 Å². The van der Waals surface area contributed by atoms with Gasteiger partial charge in [-0.25, -0.2) is 4.79 Å². The summed E-state index contributed by atoms with van der Waals surface area (Å²) in [5.74, 6) is -0.465. The molecule has 30 heavy (non-hydrogen) atoms. The van der Waals surface area contributed by atoms with E-state index < -0.39 is 5.97 Å². The van der Waals surface area contributed by atoms with Crippen LogP contribution in [0.3, 0.4) is 0 Å². The first kappa shape index (κ1) is 21.7. The lowest BCUT2D eigenvalue weighted by Gasteiger charge is -2.10. The number of carbonyl (C=O) groups excluding carboxylic acids is 2. The maximum atomic E-state index is 12.6. The Bertz CT molecular complexity index is 1060. The summed E-state index contributed by atoms with van der Waals surface area (Å²) in [5, 5.41) is 0.412. The second-order valence-corrected chi connectivity index (χ2v) is 7.57. The number of benzene rings is 2. The maximum absolute atomic E-state index is 12.6. The molecule has 0 unspecified atom stereocenters. The molecule has 5 nitrogen and oxygen atoms in total. The molecule has 0 aliphatic rings. The molecule has 156 valence electrons. The number of Topliss-reactive ketones (excluding diaryl/α,β-unsaturated/α-hetero) is 1. The van der Waals surface area contributed by atoms with Gasteiger partial charge < -0.3 is 14.0 Å². The fourth-order valence-corrected chi connectivity index (χ4v) is 3.39. The first-order chi connectivity index (χ1) is 14.3. The zero-order valence-corrected chi connectivity index (χ0v) is 18.0. The van der Waals surface area contributed by atoms with Crippen LogP contribution in [0.15, 0.2) is 54.6 Å². The number of esters is 1. The molecule has 0 bridgehead atoms. The zero-order chi connectivity index (χ0) is 21.7. The number of ether oxygens (including phenoxy) is 2. The molecular formula is C24H24ClNO4. The number of aryl methyl sites for hydroxylation is 2. The molecular weight excluding hydrogens is 402 g/mol. The maximum Gasteiger partial charge on any atom is 0.344 e. The van der Waals surface area contributed by atoms with Gasteiger partial charge in [0.2, 0.25) is 5.78 Å². The van der Waals surface area contributed by atoms with Crippen molar-refractivity contribution in [2.45, 2.75) is 27.3 Å². The van der Waals surface area contributed by atoms with Crippen molar-refractivity contribution in [1.82, 2.24) is 4.57 Å². The Morgan fingerprint density at radius 3 is 2.43 bits per heavy atom. The van der Waals surface area contributed by atoms with Gasteiger partial charge in [0, 0.05) is 23.5 Å². The molecule has 0 aliphatic heterocycles. The molecule has 0 saturated carbocycles. The van der Waals surface area contributed by atoms with Gasteiger partial charge in [-0.3, -0.25) is 4.79 Å². The third-order valence-corrected chi connectivity index (χ3v) is 5.17. The van der Waals surface area contributed by atoms with E-state index in [0.717, 1.165) is 22.5 Å². The Kier molecular flexibility index (Phi) is 6.95. The average molecular weight is 426 g/mol. The quantitative estimate of drug-likeness (QED) is 0.379. The van der Waals surface area contributed by atoms with Gasteiger partial charge in [0.05, 0.1) is 5.02 Å². The number of hydrogen-bond acceptors (Lipinski definition) is 4. The summed E-state index contributed by atoms with van der Waals surface area (Å²) in [4.78, 5) is 24.6. The predicted molar refractivity (Wildman–Crippen MR) is 116 cm³/mol. The van der Waals surface area contributed by atoms with E-state index in [2.05, 4.69) is 4.57 Å². The second kappa shape index (κ2) is 9.63. The van der Waals surface area contributed by atoms with Crippen molar-refractivity contribution in [2.75, 3.05) is 13.2 Å². The third kappa shape index (κ3) is 5.30. The van der Waals surface area contributed by atoms with E-state index in [-0.39, 0.29) is 19.0 Å². The molecule has 2 aromatic carbocycles. The molecule has 0 radical (unpaired) electrons. The molecule has 0 saturated heterocycles. The monoisotopic (exact) mass is 425 g/mol. The van der Waals surface area contributed by atoms with Crippen molar-refractivity contribution >= 4 is 23.4 Å². The lowest BCUT2D eigenvalue weighted by molar-refractivity contribution is -0.144. The van der Waals surface area contributed by atoms with Crippen LogP contribution in [-0.2, 0) is 16.1 Å². The van der Waals surface area contributed by atoms with Crippen LogP contribution in [0.4, 0.5) is 0 Å². The average Bonchev–Trinajstić information content (AvgIpc) is 3.01. The predicted octanol–water partition coefficient (Wildman–Crippen LogP) is 4.92. The summed E-state index contributed by atoms with van der Waals surface area (Å²) in [6.45, 7) is 5.78. The number of carbonyl (C=O) groups is 2. The molecule has 0 aliphatic carbocycles. The van der Waals surface area contributed by atoms with Crippen molar-refractivity contribution in [3.63, 3.8) is 0 Å². The van der Waals surface area contributed by atoms with Gasteiger partial charge >= 0.3 is 5.97 Å². The van der Waals surface area contributed by atoms with Gasteiger partial charge in [0.15, 0.2) is 13.2 Å². The molecule has 0 atom stereocenters. The van der Waals surface area contributed by atoms with E-state index >= 15 is 0 Å². The molecule has 3 rings (SSSR count). The van der Waals surface area contributed by atoms with Crippen molar-refractivity contribution in [1.29, 1.82) is 0 Å². The van der Waals surface area contributed by atoms with Crippen LogP contribution < -0.4 is 4.74 Å². The van der Waals surface area contributed by atoms with E-state index in [4.69, 9.17) is 21.1 Å². The van der Waals surface area contributed by atoms with E-state index in [9.17, 15) is 9.59 Å². The highest BCUT2D eigenvalue weighted by Gasteiger charge is 2.18. The minimum Gasteiger partial charge on any atom is -0.480 e. The highest BCUT2D eigenvalue weighted by molar-refractivity contribution is 6.32. The summed E-state index contributed by atoms with van der Waals surface area (Å²) in [6, 6.07) is 17.2. The van der Waals surface area contributed by atoms with Crippen LogP contribution in [0.1, 0.15) is 32.9 Å². The standard InChI is InChI=1S/C24H24ClNO4/c1-16-9-10-21(25)23(11-16)29-15-24(28)30-14-22(27)20-12-17(2)26(18(20)3)13-19-7-5-4-6-8-19/h4-12H,13-15H2,1-3H3. The normalized spacial score (nSPS) is 10.7. The van der Waals surface area contributed by atoms with Crippen molar-refractivity contribution in [3.05, 3.63) is 87.7 Å². The molecule has 0 fully saturated rings. The van der Waals surface area contributed by atoms with E-state index in [1.54, 1.807) is 12.1 Å². The highest BCUT2D eigenvalue weighted by atomic mass is 35.5. The number of halogens is 1. The molecule has 3 aromatic rings. The van der Waals surface area contributed by atoms with Gasteiger partial charge in [-0.15, -0.1) is 0 Å². The number of hydrogen-bond donors (Lipinski definition) is 0. The van der Waals surface area contributed by atoms with Crippen LogP contribution >= 0.6 is 11.6 Å². The molecule has 0 amide bonds. The Balaban J connectivity index is 1.57. The van der Waals surface area contributed by atoms with E-state index in [0.29, 0.717) is 22.9 Å². The molecule has 1 heterocycles.